The Hall–Kier alpha value is -1.75. The van der Waals surface area contributed by atoms with Crippen LogP contribution >= 0.6 is 0 Å². The molecular weight excluding hydrogens is 230 g/mol. The van der Waals surface area contributed by atoms with Crippen molar-refractivity contribution in [3.63, 3.8) is 0 Å². The minimum atomic E-state index is 0.0195. The highest BCUT2D eigenvalue weighted by atomic mass is 16.3. The Bertz CT molecular complexity index is 407. The highest BCUT2D eigenvalue weighted by molar-refractivity contribution is 5.77. The summed E-state index contributed by atoms with van der Waals surface area (Å²) in [6, 6.07) is 5.08. The molecule has 0 unspecified atom stereocenters. The van der Waals surface area contributed by atoms with Crippen LogP contribution in [0.2, 0.25) is 0 Å². The van der Waals surface area contributed by atoms with Crippen LogP contribution < -0.4 is 11.1 Å². The molecule has 18 heavy (non-hydrogen) atoms. The fourth-order valence-electron chi connectivity index (χ4n) is 1.64. The standard InChI is InChI=1S/C13H21N3O2/c1-3-6-15-13(18)9-16(2)8-10-4-5-12(17)11(14)7-10/h4-5,7,17H,3,6,8-9,14H2,1-2H3,(H,15,18). The second-order valence-electron chi connectivity index (χ2n) is 4.42. The Balaban J connectivity index is 2.46. The zero-order valence-corrected chi connectivity index (χ0v) is 10.9. The number of anilines is 1. The van der Waals surface area contributed by atoms with Crippen molar-refractivity contribution in [2.24, 2.45) is 0 Å². The van der Waals surface area contributed by atoms with Crippen LogP contribution in [0.4, 0.5) is 5.69 Å². The van der Waals surface area contributed by atoms with Crippen molar-refractivity contribution in [2.45, 2.75) is 19.9 Å². The highest BCUT2D eigenvalue weighted by Crippen LogP contribution is 2.20. The van der Waals surface area contributed by atoms with Gasteiger partial charge in [-0.1, -0.05) is 13.0 Å². The van der Waals surface area contributed by atoms with Crippen molar-refractivity contribution in [3.05, 3.63) is 23.8 Å². The van der Waals surface area contributed by atoms with E-state index in [4.69, 9.17) is 5.73 Å². The van der Waals surface area contributed by atoms with Crippen molar-refractivity contribution in [1.82, 2.24) is 10.2 Å². The molecule has 5 heteroatoms. The molecular formula is C13H21N3O2. The predicted octanol–water partition coefficient (Wildman–Crippen LogP) is 0.932. The van der Waals surface area contributed by atoms with Gasteiger partial charge in [-0.3, -0.25) is 9.69 Å². The molecule has 1 aromatic rings. The number of rotatable bonds is 6. The number of nitrogens with one attached hydrogen (secondary N) is 1. The SMILES string of the molecule is CCCNC(=O)CN(C)Cc1ccc(O)c(N)c1. The number of nitrogens with zero attached hydrogens (tertiary/aromatic N) is 1. The summed E-state index contributed by atoms with van der Waals surface area (Å²) >= 11 is 0. The molecule has 0 fully saturated rings. The smallest absolute Gasteiger partial charge is 0.234 e. The molecule has 4 N–H and O–H groups in total. The van der Waals surface area contributed by atoms with E-state index in [9.17, 15) is 9.90 Å². The summed E-state index contributed by atoms with van der Waals surface area (Å²) in [7, 11) is 1.87. The van der Waals surface area contributed by atoms with Gasteiger partial charge in [0.2, 0.25) is 5.91 Å². The van der Waals surface area contributed by atoms with E-state index < -0.39 is 0 Å². The summed E-state index contributed by atoms with van der Waals surface area (Å²) in [5.41, 5.74) is 6.94. The number of carbonyl (C=O) groups excluding carboxylic acids is 1. The second-order valence-corrected chi connectivity index (χ2v) is 4.42. The summed E-state index contributed by atoms with van der Waals surface area (Å²) in [4.78, 5) is 13.4. The zero-order chi connectivity index (χ0) is 13.5. The summed E-state index contributed by atoms with van der Waals surface area (Å²) in [5.74, 6) is 0.105. The first-order valence-corrected chi connectivity index (χ1v) is 6.05. The molecule has 0 aliphatic heterocycles. The van der Waals surface area contributed by atoms with Gasteiger partial charge >= 0.3 is 0 Å². The third-order valence-corrected chi connectivity index (χ3v) is 2.53. The van der Waals surface area contributed by atoms with E-state index in [1.54, 1.807) is 18.2 Å². The third kappa shape index (κ3) is 4.63. The quantitative estimate of drug-likeness (QED) is 0.519. The number of likely N-dealkylation sites (N-methyl/N-ethyl adjacent to an activating group) is 1. The number of benzene rings is 1. The number of aromatic hydroxyl groups is 1. The van der Waals surface area contributed by atoms with Gasteiger partial charge in [0.15, 0.2) is 0 Å². The lowest BCUT2D eigenvalue weighted by molar-refractivity contribution is -0.122. The average Bonchev–Trinajstić information content (AvgIpc) is 2.31. The number of nitrogen functional groups attached to an aromatic ring is 1. The van der Waals surface area contributed by atoms with Crippen LogP contribution in [0.25, 0.3) is 0 Å². The van der Waals surface area contributed by atoms with Crippen LogP contribution in [0, 0.1) is 0 Å². The van der Waals surface area contributed by atoms with E-state index in [1.807, 2.05) is 18.9 Å². The maximum absolute atomic E-state index is 11.5. The van der Waals surface area contributed by atoms with Crippen LogP contribution in [-0.4, -0.2) is 36.1 Å². The number of amides is 1. The van der Waals surface area contributed by atoms with Gasteiger partial charge in [-0.05, 0) is 31.2 Å². The molecule has 0 aliphatic rings. The fourth-order valence-corrected chi connectivity index (χ4v) is 1.64. The molecule has 0 radical (unpaired) electrons. The summed E-state index contributed by atoms with van der Waals surface area (Å²) < 4.78 is 0. The van der Waals surface area contributed by atoms with Crippen LogP contribution in [0.15, 0.2) is 18.2 Å². The van der Waals surface area contributed by atoms with E-state index in [1.165, 1.54) is 0 Å². The molecule has 5 nitrogen and oxygen atoms in total. The minimum Gasteiger partial charge on any atom is -0.506 e. The van der Waals surface area contributed by atoms with Gasteiger partial charge in [0, 0.05) is 13.1 Å². The molecule has 1 aromatic carbocycles. The summed E-state index contributed by atoms with van der Waals surface area (Å²) in [6.45, 7) is 3.69. The molecule has 100 valence electrons. The number of nitrogens with two attached hydrogens (primary N) is 1. The van der Waals surface area contributed by atoms with Gasteiger partial charge in [0.05, 0.1) is 12.2 Å². The summed E-state index contributed by atoms with van der Waals surface area (Å²) in [5, 5.41) is 12.1. The molecule has 0 aliphatic carbocycles. The molecule has 0 bridgehead atoms. The Morgan fingerprint density at radius 1 is 1.50 bits per heavy atom. The maximum atomic E-state index is 11.5. The molecule has 1 amide bonds. The average molecular weight is 251 g/mol. The molecule has 0 saturated carbocycles. The van der Waals surface area contributed by atoms with E-state index >= 15 is 0 Å². The number of carbonyl (C=O) groups is 1. The maximum Gasteiger partial charge on any atom is 0.234 e. The van der Waals surface area contributed by atoms with Gasteiger partial charge < -0.3 is 16.2 Å². The molecule has 0 aromatic heterocycles. The van der Waals surface area contributed by atoms with Crippen LogP contribution in [-0.2, 0) is 11.3 Å². The number of hydrogen-bond acceptors (Lipinski definition) is 4. The van der Waals surface area contributed by atoms with Crippen molar-refractivity contribution < 1.29 is 9.90 Å². The van der Waals surface area contributed by atoms with Gasteiger partial charge in [-0.15, -0.1) is 0 Å². The van der Waals surface area contributed by atoms with E-state index in [0.717, 1.165) is 12.0 Å². The third-order valence-electron chi connectivity index (χ3n) is 2.53. The first kappa shape index (κ1) is 14.3. The first-order chi connectivity index (χ1) is 8.52. The Kier molecular flexibility index (Phi) is 5.45. The van der Waals surface area contributed by atoms with Crippen molar-refractivity contribution >= 4 is 11.6 Å². The Morgan fingerprint density at radius 2 is 2.22 bits per heavy atom. The zero-order valence-electron chi connectivity index (χ0n) is 10.9. The molecule has 0 heterocycles. The van der Waals surface area contributed by atoms with E-state index in [0.29, 0.717) is 25.3 Å². The lowest BCUT2D eigenvalue weighted by Crippen LogP contribution is -2.35. The predicted molar refractivity (Wildman–Crippen MR) is 72.2 cm³/mol. The summed E-state index contributed by atoms with van der Waals surface area (Å²) in [6.07, 6.45) is 0.934. The van der Waals surface area contributed by atoms with E-state index in [2.05, 4.69) is 5.32 Å². The normalized spacial score (nSPS) is 10.6. The Morgan fingerprint density at radius 3 is 2.83 bits per heavy atom. The van der Waals surface area contributed by atoms with Crippen molar-refractivity contribution in [1.29, 1.82) is 0 Å². The van der Waals surface area contributed by atoms with Gasteiger partial charge in [0.1, 0.15) is 5.75 Å². The topological polar surface area (TPSA) is 78.6 Å². The lowest BCUT2D eigenvalue weighted by atomic mass is 10.2. The Labute approximate surface area is 108 Å². The number of hydrogen-bond donors (Lipinski definition) is 3. The van der Waals surface area contributed by atoms with Crippen molar-refractivity contribution in [2.75, 3.05) is 25.9 Å². The second kappa shape index (κ2) is 6.86. The molecule has 1 rings (SSSR count). The van der Waals surface area contributed by atoms with Gasteiger partial charge in [-0.2, -0.15) is 0 Å². The molecule has 0 atom stereocenters. The monoisotopic (exact) mass is 251 g/mol. The fraction of sp³-hybridized carbons (Fsp3) is 0.462. The van der Waals surface area contributed by atoms with Crippen LogP contribution in [0.1, 0.15) is 18.9 Å². The van der Waals surface area contributed by atoms with E-state index in [-0.39, 0.29) is 11.7 Å². The molecule has 0 spiro atoms. The lowest BCUT2D eigenvalue weighted by Gasteiger charge is -2.16. The van der Waals surface area contributed by atoms with Gasteiger partial charge in [0.25, 0.3) is 0 Å². The number of phenols is 1. The number of phenolic OH excluding ortho intramolecular Hbond substituents is 1. The molecule has 0 saturated heterocycles. The van der Waals surface area contributed by atoms with Crippen molar-refractivity contribution in [3.8, 4) is 5.75 Å². The van der Waals surface area contributed by atoms with Crippen LogP contribution in [0.3, 0.4) is 0 Å². The highest BCUT2D eigenvalue weighted by Gasteiger charge is 2.07. The minimum absolute atomic E-state index is 0.0195. The largest absolute Gasteiger partial charge is 0.506 e. The van der Waals surface area contributed by atoms with Crippen LogP contribution in [0.5, 0.6) is 5.75 Å². The van der Waals surface area contributed by atoms with Gasteiger partial charge in [-0.25, -0.2) is 0 Å². The first-order valence-electron chi connectivity index (χ1n) is 6.05.